The van der Waals surface area contributed by atoms with Gasteiger partial charge in [-0.1, -0.05) is 12.7 Å². The molecule has 10 nitrogen and oxygen atoms in total. The van der Waals surface area contributed by atoms with E-state index in [1.54, 1.807) is 52.9 Å². The van der Waals surface area contributed by atoms with Crippen molar-refractivity contribution in [3.8, 4) is 23.0 Å². The van der Waals surface area contributed by atoms with Gasteiger partial charge in [-0.25, -0.2) is 4.68 Å². The standard InChI is InChI=1S/C23H26BrN7O3/c1-6-14-17(13-30(4)22(14)33-7-2)21(32)29(3)8-9-34-23-16(11-26-31(23)5)18-10-15-19(12-25-18)27-28-20(15)24/h6,10-13H,1,7-9H2,2-5H3,(H,27,28). The molecule has 0 saturated carbocycles. The predicted octanol–water partition coefficient (Wildman–Crippen LogP) is 3.65. The van der Waals surface area contributed by atoms with E-state index in [1.807, 2.05) is 20.0 Å². The molecule has 4 heterocycles. The van der Waals surface area contributed by atoms with Gasteiger partial charge in [0.2, 0.25) is 11.8 Å². The number of pyridine rings is 1. The highest BCUT2D eigenvalue weighted by Crippen LogP contribution is 2.31. The Hall–Kier alpha value is -3.60. The molecule has 0 aliphatic rings. The Morgan fingerprint density at radius 2 is 2.09 bits per heavy atom. The Labute approximate surface area is 205 Å². The molecule has 1 N–H and O–H groups in total. The van der Waals surface area contributed by atoms with Crippen molar-refractivity contribution in [2.45, 2.75) is 6.92 Å². The van der Waals surface area contributed by atoms with Crippen LogP contribution in [0.2, 0.25) is 0 Å². The summed E-state index contributed by atoms with van der Waals surface area (Å²) in [5.74, 6) is 1.05. The maximum absolute atomic E-state index is 13.1. The van der Waals surface area contributed by atoms with Crippen LogP contribution in [-0.4, -0.2) is 67.1 Å². The highest BCUT2D eigenvalue weighted by molar-refractivity contribution is 9.10. The van der Waals surface area contributed by atoms with E-state index in [2.05, 4.69) is 42.8 Å². The van der Waals surface area contributed by atoms with Gasteiger partial charge in [0.25, 0.3) is 5.91 Å². The number of hydrogen-bond acceptors (Lipinski definition) is 6. The molecule has 4 aromatic rings. The quantitative estimate of drug-likeness (QED) is 0.356. The molecule has 0 radical (unpaired) electrons. The minimum Gasteiger partial charge on any atom is -0.479 e. The van der Waals surface area contributed by atoms with Crippen molar-refractivity contribution in [3.05, 3.63) is 47.0 Å². The van der Waals surface area contributed by atoms with Crippen molar-refractivity contribution in [3.63, 3.8) is 0 Å². The number of aromatic nitrogens is 6. The van der Waals surface area contributed by atoms with E-state index < -0.39 is 0 Å². The lowest BCUT2D eigenvalue weighted by atomic mass is 10.1. The van der Waals surface area contributed by atoms with Gasteiger partial charge >= 0.3 is 0 Å². The van der Waals surface area contributed by atoms with Crippen LogP contribution in [0.3, 0.4) is 0 Å². The molecule has 0 aliphatic heterocycles. The van der Waals surface area contributed by atoms with E-state index in [0.29, 0.717) is 41.7 Å². The second kappa shape index (κ2) is 9.72. The van der Waals surface area contributed by atoms with E-state index in [-0.39, 0.29) is 12.5 Å². The summed E-state index contributed by atoms with van der Waals surface area (Å²) >= 11 is 3.46. The molecular weight excluding hydrogens is 502 g/mol. The minimum absolute atomic E-state index is 0.137. The summed E-state index contributed by atoms with van der Waals surface area (Å²) in [6, 6.07) is 1.92. The molecule has 0 bridgehead atoms. The highest BCUT2D eigenvalue weighted by Gasteiger charge is 2.22. The number of ether oxygens (including phenoxy) is 2. The molecular formula is C23H26BrN7O3. The third-order valence-corrected chi connectivity index (χ3v) is 6.05. The summed E-state index contributed by atoms with van der Waals surface area (Å²) in [4.78, 5) is 19.2. The number of amides is 1. The number of H-pyrrole nitrogens is 1. The summed E-state index contributed by atoms with van der Waals surface area (Å²) in [7, 11) is 5.38. The van der Waals surface area contributed by atoms with Crippen molar-refractivity contribution in [2.24, 2.45) is 14.1 Å². The van der Waals surface area contributed by atoms with Gasteiger partial charge < -0.3 is 18.9 Å². The van der Waals surface area contributed by atoms with Crippen molar-refractivity contribution in [1.82, 2.24) is 34.4 Å². The summed E-state index contributed by atoms with van der Waals surface area (Å²) < 4.78 is 15.9. The fraction of sp³-hybridized carbons (Fsp3) is 0.304. The number of hydrogen-bond donors (Lipinski definition) is 1. The van der Waals surface area contributed by atoms with E-state index in [1.165, 1.54) is 0 Å². The number of halogens is 1. The average molecular weight is 528 g/mol. The number of carbonyl (C=O) groups excluding carboxylic acids is 1. The Bertz CT molecular complexity index is 1350. The van der Waals surface area contributed by atoms with Crippen LogP contribution in [0.1, 0.15) is 22.8 Å². The smallest absolute Gasteiger partial charge is 0.256 e. The number of nitrogens with one attached hydrogen (secondary N) is 1. The van der Waals surface area contributed by atoms with Crippen molar-refractivity contribution in [1.29, 1.82) is 0 Å². The number of aryl methyl sites for hydroxylation is 2. The topological polar surface area (TPSA) is 103 Å². The molecule has 1 amide bonds. The van der Waals surface area contributed by atoms with Crippen molar-refractivity contribution in [2.75, 3.05) is 26.8 Å². The predicted molar refractivity (Wildman–Crippen MR) is 133 cm³/mol. The second-order valence-corrected chi connectivity index (χ2v) is 8.49. The molecule has 34 heavy (non-hydrogen) atoms. The first-order chi connectivity index (χ1) is 16.3. The van der Waals surface area contributed by atoms with Crippen LogP contribution >= 0.6 is 15.9 Å². The Morgan fingerprint density at radius 3 is 2.82 bits per heavy atom. The van der Waals surface area contributed by atoms with Gasteiger partial charge in [0.1, 0.15) is 16.7 Å². The Balaban J connectivity index is 1.47. The van der Waals surface area contributed by atoms with Crippen LogP contribution in [-0.2, 0) is 14.1 Å². The van der Waals surface area contributed by atoms with Gasteiger partial charge in [-0.05, 0) is 28.9 Å². The molecule has 0 aliphatic carbocycles. The maximum Gasteiger partial charge on any atom is 0.256 e. The fourth-order valence-electron chi connectivity index (χ4n) is 3.70. The summed E-state index contributed by atoms with van der Waals surface area (Å²) in [5.41, 5.74) is 3.44. The molecule has 0 spiro atoms. The van der Waals surface area contributed by atoms with E-state index in [9.17, 15) is 4.79 Å². The molecule has 4 aromatic heterocycles. The maximum atomic E-state index is 13.1. The first-order valence-electron chi connectivity index (χ1n) is 10.7. The zero-order valence-corrected chi connectivity index (χ0v) is 21.1. The molecule has 11 heteroatoms. The Morgan fingerprint density at radius 1 is 1.29 bits per heavy atom. The first-order valence-corrected chi connectivity index (χ1v) is 11.5. The zero-order valence-electron chi connectivity index (χ0n) is 19.5. The van der Waals surface area contributed by atoms with Gasteiger partial charge in [0, 0.05) is 38.3 Å². The molecule has 0 fully saturated rings. The van der Waals surface area contributed by atoms with E-state index >= 15 is 0 Å². The van der Waals surface area contributed by atoms with Gasteiger partial charge in [-0.2, -0.15) is 10.2 Å². The fourth-order valence-corrected chi connectivity index (χ4v) is 4.11. The molecule has 4 rings (SSSR count). The lowest BCUT2D eigenvalue weighted by Crippen LogP contribution is -2.31. The molecule has 0 aromatic carbocycles. The number of rotatable bonds is 9. The molecule has 0 atom stereocenters. The minimum atomic E-state index is -0.137. The summed E-state index contributed by atoms with van der Waals surface area (Å²) in [5, 5.41) is 12.3. The van der Waals surface area contributed by atoms with Crippen molar-refractivity contribution < 1.29 is 14.3 Å². The van der Waals surface area contributed by atoms with Gasteiger partial charge in [0.15, 0.2) is 0 Å². The third-order valence-electron chi connectivity index (χ3n) is 5.45. The van der Waals surface area contributed by atoms with Crippen LogP contribution in [0, 0.1) is 0 Å². The SMILES string of the molecule is C=Cc1c(C(=O)N(C)CCOc2c(-c3cc4c(Br)[nH]nc4cn3)cnn2C)cn(C)c1OCC. The van der Waals surface area contributed by atoms with Gasteiger partial charge in [0.05, 0.1) is 42.4 Å². The lowest BCUT2D eigenvalue weighted by molar-refractivity contribution is 0.0771. The summed E-state index contributed by atoms with van der Waals surface area (Å²) in [6.07, 6.45) is 6.81. The molecule has 0 saturated heterocycles. The van der Waals surface area contributed by atoms with Crippen LogP contribution in [0.25, 0.3) is 28.2 Å². The normalized spacial score (nSPS) is 11.1. The van der Waals surface area contributed by atoms with E-state index in [0.717, 1.165) is 21.1 Å². The number of aromatic amines is 1. The van der Waals surface area contributed by atoms with Crippen LogP contribution < -0.4 is 9.47 Å². The Kier molecular flexibility index (Phi) is 6.73. The van der Waals surface area contributed by atoms with E-state index in [4.69, 9.17) is 9.47 Å². The number of nitrogens with zero attached hydrogens (tertiary/aromatic N) is 6. The average Bonchev–Trinajstić information content (AvgIpc) is 3.49. The third kappa shape index (κ3) is 4.30. The molecule has 0 unspecified atom stereocenters. The number of fused-ring (bicyclic) bond motifs is 1. The largest absolute Gasteiger partial charge is 0.479 e. The van der Waals surface area contributed by atoms with Crippen LogP contribution in [0.15, 0.2) is 35.8 Å². The monoisotopic (exact) mass is 527 g/mol. The summed E-state index contributed by atoms with van der Waals surface area (Å²) in [6.45, 7) is 6.90. The first kappa shape index (κ1) is 23.6. The second-order valence-electron chi connectivity index (χ2n) is 7.70. The van der Waals surface area contributed by atoms with Crippen LogP contribution in [0.4, 0.5) is 0 Å². The van der Waals surface area contributed by atoms with Crippen LogP contribution in [0.5, 0.6) is 11.8 Å². The van der Waals surface area contributed by atoms with Gasteiger partial charge in [-0.15, -0.1) is 0 Å². The number of likely N-dealkylation sites (N-methyl/N-ethyl adjacent to an activating group) is 1. The molecule has 178 valence electrons. The van der Waals surface area contributed by atoms with Crippen molar-refractivity contribution >= 4 is 38.8 Å². The zero-order chi connectivity index (χ0) is 24.4. The lowest BCUT2D eigenvalue weighted by Gasteiger charge is -2.18. The van der Waals surface area contributed by atoms with Gasteiger partial charge in [-0.3, -0.25) is 14.9 Å². The number of carbonyl (C=O) groups is 1. The highest BCUT2D eigenvalue weighted by atomic mass is 79.9.